The molecule has 1 aliphatic heterocycles. The summed E-state index contributed by atoms with van der Waals surface area (Å²) in [7, 11) is 1.58. The van der Waals surface area contributed by atoms with Crippen LogP contribution in [-0.2, 0) is 11.3 Å². The number of carbonyl (C=O) groups is 1. The summed E-state index contributed by atoms with van der Waals surface area (Å²) in [6, 6.07) is 7.96. The van der Waals surface area contributed by atoms with Crippen LogP contribution in [0, 0.1) is 6.92 Å². The number of aromatic nitrogens is 1. The van der Waals surface area contributed by atoms with Gasteiger partial charge in [0, 0.05) is 12.6 Å². The first-order chi connectivity index (χ1) is 12.1. The molecule has 1 saturated heterocycles. The Bertz CT molecular complexity index is 744. The molecule has 1 fully saturated rings. The van der Waals surface area contributed by atoms with Crippen molar-refractivity contribution in [1.82, 2.24) is 10.1 Å². The van der Waals surface area contributed by atoms with Crippen molar-refractivity contribution in [2.45, 2.75) is 32.4 Å². The molecule has 3 rings (SSSR count). The van der Waals surface area contributed by atoms with Crippen LogP contribution in [0.5, 0.6) is 11.5 Å². The molecule has 1 amide bonds. The third-order valence-electron chi connectivity index (χ3n) is 4.32. The highest BCUT2D eigenvalue weighted by molar-refractivity contribution is 5.75. The summed E-state index contributed by atoms with van der Waals surface area (Å²) in [5.41, 5.74) is 7.12. The molecule has 1 aliphatic rings. The summed E-state index contributed by atoms with van der Waals surface area (Å²) >= 11 is 0. The Hall–Kier alpha value is -2.54. The van der Waals surface area contributed by atoms with Gasteiger partial charge >= 0.3 is 0 Å². The number of methoxy groups -OCH3 is 1. The lowest BCUT2D eigenvalue weighted by molar-refractivity contribution is -0.119. The maximum absolute atomic E-state index is 10.9. The summed E-state index contributed by atoms with van der Waals surface area (Å²) in [5.74, 6) is 1.50. The van der Waals surface area contributed by atoms with E-state index < -0.39 is 5.91 Å². The first kappa shape index (κ1) is 17.3. The van der Waals surface area contributed by atoms with Crippen molar-refractivity contribution in [2.24, 2.45) is 5.73 Å². The van der Waals surface area contributed by atoms with Gasteiger partial charge in [-0.3, -0.25) is 9.69 Å². The smallest absolute Gasteiger partial charge is 0.255 e. The lowest BCUT2D eigenvalue weighted by Crippen LogP contribution is -2.22. The maximum Gasteiger partial charge on any atom is 0.255 e. The fraction of sp³-hybridized carbons (Fsp3) is 0.444. The van der Waals surface area contributed by atoms with Gasteiger partial charge in [-0.15, -0.1) is 0 Å². The molecule has 1 aromatic heterocycles. The van der Waals surface area contributed by atoms with Gasteiger partial charge < -0.3 is 19.7 Å². The van der Waals surface area contributed by atoms with Gasteiger partial charge in [0.15, 0.2) is 23.9 Å². The Morgan fingerprint density at radius 3 is 2.92 bits per heavy atom. The molecule has 7 heteroatoms. The molecular weight excluding hydrogens is 322 g/mol. The molecule has 134 valence electrons. The second-order valence-corrected chi connectivity index (χ2v) is 6.24. The van der Waals surface area contributed by atoms with Crippen LogP contribution in [0.2, 0.25) is 0 Å². The fourth-order valence-corrected chi connectivity index (χ4v) is 3.19. The summed E-state index contributed by atoms with van der Waals surface area (Å²) in [4.78, 5) is 13.3. The quantitative estimate of drug-likeness (QED) is 0.827. The number of hydrogen-bond donors (Lipinski definition) is 1. The Morgan fingerprint density at radius 2 is 2.24 bits per heavy atom. The number of rotatable bonds is 7. The molecule has 0 saturated carbocycles. The molecule has 1 aromatic carbocycles. The van der Waals surface area contributed by atoms with E-state index in [0.29, 0.717) is 11.5 Å². The zero-order chi connectivity index (χ0) is 17.8. The zero-order valence-electron chi connectivity index (χ0n) is 14.5. The van der Waals surface area contributed by atoms with Crippen molar-refractivity contribution in [3.8, 4) is 11.5 Å². The average Bonchev–Trinajstić information content (AvgIpc) is 3.22. The molecule has 0 spiro atoms. The highest BCUT2D eigenvalue weighted by Crippen LogP contribution is 2.35. The van der Waals surface area contributed by atoms with Crippen LogP contribution >= 0.6 is 0 Å². The van der Waals surface area contributed by atoms with Gasteiger partial charge in [-0.1, -0.05) is 11.2 Å². The number of nitrogens with zero attached hydrogens (tertiary/aromatic N) is 2. The third-order valence-corrected chi connectivity index (χ3v) is 4.32. The topological polar surface area (TPSA) is 90.8 Å². The van der Waals surface area contributed by atoms with E-state index in [4.69, 9.17) is 19.7 Å². The zero-order valence-corrected chi connectivity index (χ0v) is 14.5. The maximum atomic E-state index is 10.9. The molecule has 25 heavy (non-hydrogen) atoms. The fourth-order valence-electron chi connectivity index (χ4n) is 3.19. The van der Waals surface area contributed by atoms with Crippen molar-refractivity contribution in [3.05, 3.63) is 41.3 Å². The third kappa shape index (κ3) is 4.11. The Kier molecular flexibility index (Phi) is 5.23. The predicted molar refractivity (Wildman–Crippen MR) is 91.3 cm³/mol. The molecule has 7 nitrogen and oxygen atoms in total. The van der Waals surface area contributed by atoms with Crippen molar-refractivity contribution in [3.63, 3.8) is 0 Å². The van der Waals surface area contributed by atoms with Gasteiger partial charge in [-0.25, -0.2) is 0 Å². The number of primary amides is 1. The second-order valence-electron chi connectivity index (χ2n) is 6.24. The minimum absolute atomic E-state index is 0.172. The van der Waals surface area contributed by atoms with Crippen LogP contribution < -0.4 is 15.2 Å². The van der Waals surface area contributed by atoms with Crippen LogP contribution in [0.1, 0.15) is 35.9 Å². The summed E-state index contributed by atoms with van der Waals surface area (Å²) in [5, 5.41) is 4.00. The van der Waals surface area contributed by atoms with Gasteiger partial charge in [0.05, 0.1) is 18.8 Å². The normalized spacial score (nSPS) is 17.6. The molecular formula is C18H23N3O4. The Balaban J connectivity index is 1.72. The van der Waals surface area contributed by atoms with E-state index in [2.05, 4.69) is 10.1 Å². The van der Waals surface area contributed by atoms with Crippen molar-refractivity contribution in [1.29, 1.82) is 0 Å². The van der Waals surface area contributed by atoms with Crippen molar-refractivity contribution < 1.29 is 18.8 Å². The Morgan fingerprint density at radius 1 is 1.40 bits per heavy atom. The highest BCUT2D eigenvalue weighted by Gasteiger charge is 2.29. The summed E-state index contributed by atoms with van der Waals surface area (Å²) in [6.07, 6.45) is 2.19. The number of amides is 1. The van der Waals surface area contributed by atoms with Crippen molar-refractivity contribution >= 4 is 5.91 Å². The molecule has 0 radical (unpaired) electrons. The number of benzene rings is 1. The molecule has 0 unspecified atom stereocenters. The number of nitrogens with two attached hydrogens (primary N) is 1. The standard InChI is InChI=1S/C18H23N3O4/c1-12-8-16(25-20-12)14-4-3-7-21(14)10-13-5-6-15(17(9-13)23-2)24-11-18(19)22/h5-6,8-9,14H,3-4,7,10-11H2,1-2H3,(H2,19,22)/t14-/m0/s1. The van der Waals surface area contributed by atoms with Crippen molar-refractivity contribution in [2.75, 3.05) is 20.3 Å². The van der Waals surface area contributed by atoms with Crippen LogP contribution in [-0.4, -0.2) is 36.2 Å². The van der Waals surface area contributed by atoms with E-state index in [9.17, 15) is 4.79 Å². The SMILES string of the molecule is COc1cc(CN2CCC[C@H]2c2cc(C)no2)ccc1OCC(N)=O. The van der Waals surface area contributed by atoms with Crippen LogP contribution in [0.15, 0.2) is 28.8 Å². The van der Waals surface area contributed by atoms with Crippen LogP contribution in [0.3, 0.4) is 0 Å². The second kappa shape index (κ2) is 7.57. The number of ether oxygens (including phenoxy) is 2. The van der Waals surface area contributed by atoms with E-state index in [1.54, 1.807) is 13.2 Å². The first-order valence-corrected chi connectivity index (χ1v) is 8.32. The predicted octanol–water partition coefficient (Wildman–Crippen LogP) is 2.19. The van der Waals surface area contributed by atoms with Crippen LogP contribution in [0.4, 0.5) is 0 Å². The van der Waals surface area contributed by atoms with Gasteiger partial charge in [0.1, 0.15) is 0 Å². The summed E-state index contributed by atoms with van der Waals surface area (Å²) in [6.45, 7) is 3.54. The van der Waals surface area contributed by atoms with Gasteiger partial charge in [0.25, 0.3) is 5.91 Å². The first-order valence-electron chi connectivity index (χ1n) is 8.32. The molecule has 1 atom stereocenters. The Labute approximate surface area is 146 Å². The van der Waals surface area contributed by atoms with E-state index in [0.717, 1.165) is 42.9 Å². The minimum atomic E-state index is -0.520. The van der Waals surface area contributed by atoms with Gasteiger partial charge in [-0.05, 0) is 44.0 Å². The molecule has 2 N–H and O–H groups in total. The monoisotopic (exact) mass is 345 g/mol. The molecule has 0 bridgehead atoms. The van der Waals surface area contributed by atoms with E-state index >= 15 is 0 Å². The van der Waals surface area contributed by atoms with E-state index in [-0.39, 0.29) is 12.6 Å². The molecule has 2 heterocycles. The molecule has 0 aliphatic carbocycles. The van der Waals surface area contributed by atoms with Crippen LogP contribution in [0.25, 0.3) is 0 Å². The average molecular weight is 345 g/mol. The van der Waals surface area contributed by atoms with E-state index in [1.807, 2.05) is 25.1 Å². The minimum Gasteiger partial charge on any atom is -0.493 e. The highest BCUT2D eigenvalue weighted by atomic mass is 16.5. The number of hydrogen-bond acceptors (Lipinski definition) is 6. The van der Waals surface area contributed by atoms with Gasteiger partial charge in [-0.2, -0.15) is 0 Å². The van der Waals surface area contributed by atoms with E-state index in [1.165, 1.54) is 0 Å². The number of carbonyl (C=O) groups excluding carboxylic acids is 1. The largest absolute Gasteiger partial charge is 0.493 e. The number of likely N-dealkylation sites (tertiary alicyclic amines) is 1. The lowest BCUT2D eigenvalue weighted by atomic mass is 10.1. The summed E-state index contributed by atoms with van der Waals surface area (Å²) < 4.78 is 16.2. The van der Waals surface area contributed by atoms with Gasteiger partial charge in [0.2, 0.25) is 0 Å². The molecule has 2 aromatic rings. The lowest BCUT2D eigenvalue weighted by Gasteiger charge is -2.22. The number of aryl methyl sites for hydroxylation is 1.